The fourth-order valence-corrected chi connectivity index (χ4v) is 2.06. The van der Waals surface area contributed by atoms with Crippen LogP contribution in [0.2, 0.25) is 0 Å². The van der Waals surface area contributed by atoms with Crippen LogP contribution in [0.15, 0.2) is 48.5 Å². The molecule has 0 saturated heterocycles. The topological polar surface area (TPSA) is 21.3 Å². The van der Waals surface area contributed by atoms with Crippen LogP contribution < -0.4 is 10.1 Å². The van der Waals surface area contributed by atoms with Gasteiger partial charge in [0.25, 0.3) is 0 Å². The monoisotopic (exact) mass is 255 g/mol. The number of hydrogen-bond acceptors (Lipinski definition) is 2. The van der Waals surface area contributed by atoms with E-state index in [-0.39, 0.29) is 0 Å². The number of ether oxygens (including phenoxy) is 1. The zero-order valence-corrected chi connectivity index (χ0v) is 11.6. The van der Waals surface area contributed by atoms with Crippen molar-refractivity contribution in [3.63, 3.8) is 0 Å². The van der Waals surface area contributed by atoms with Crippen molar-refractivity contribution in [1.82, 2.24) is 5.32 Å². The highest BCUT2D eigenvalue weighted by Crippen LogP contribution is 2.16. The van der Waals surface area contributed by atoms with Crippen LogP contribution in [0.25, 0.3) is 0 Å². The second kappa shape index (κ2) is 6.95. The molecule has 1 N–H and O–H groups in total. The first kappa shape index (κ1) is 13.6. The van der Waals surface area contributed by atoms with E-state index in [1.807, 2.05) is 19.2 Å². The molecular weight excluding hydrogens is 234 g/mol. The van der Waals surface area contributed by atoms with Crippen LogP contribution in [0.3, 0.4) is 0 Å². The van der Waals surface area contributed by atoms with E-state index >= 15 is 0 Å². The van der Waals surface area contributed by atoms with Gasteiger partial charge in [0, 0.05) is 6.54 Å². The van der Waals surface area contributed by atoms with Crippen molar-refractivity contribution in [3.8, 4) is 5.75 Å². The molecule has 2 rings (SSSR count). The average molecular weight is 255 g/mol. The summed E-state index contributed by atoms with van der Waals surface area (Å²) in [6.07, 6.45) is 1.04. The van der Waals surface area contributed by atoms with E-state index in [1.165, 1.54) is 16.7 Å². The molecule has 0 fully saturated rings. The molecule has 19 heavy (non-hydrogen) atoms. The molecule has 0 aliphatic carbocycles. The van der Waals surface area contributed by atoms with E-state index < -0.39 is 0 Å². The Labute approximate surface area is 115 Å². The second-order valence-electron chi connectivity index (χ2n) is 4.64. The molecule has 0 aliphatic rings. The Kier molecular flexibility index (Phi) is 4.99. The first-order chi connectivity index (χ1) is 9.31. The minimum atomic E-state index is 0.616. The molecule has 0 aliphatic heterocycles. The number of nitrogens with one attached hydrogen (secondary N) is 1. The van der Waals surface area contributed by atoms with Crippen LogP contribution >= 0.6 is 0 Å². The summed E-state index contributed by atoms with van der Waals surface area (Å²) in [5.41, 5.74) is 3.79. The lowest BCUT2D eigenvalue weighted by atomic mass is 10.1. The Morgan fingerprint density at radius 2 is 1.68 bits per heavy atom. The summed E-state index contributed by atoms with van der Waals surface area (Å²) in [6, 6.07) is 16.8. The summed E-state index contributed by atoms with van der Waals surface area (Å²) in [5.74, 6) is 0.943. The summed E-state index contributed by atoms with van der Waals surface area (Å²) >= 11 is 0. The molecule has 0 saturated carbocycles. The number of hydrogen-bond donors (Lipinski definition) is 1. The van der Waals surface area contributed by atoms with Gasteiger partial charge in [0.2, 0.25) is 0 Å². The average Bonchev–Trinajstić information content (AvgIpc) is 2.46. The largest absolute Gasteiger partial charge is 0.489 e. The number of rotatable bonds is 6. The van der Waals surface area contributed by atoms with Gasteiger partial charge in [0.15, 0.2) is 0 Å². The maximum atomic E-state index is 5.85. The van der Waals surface area contributed by atoms with Crippen LogP contribution in [0.5, 0.6) is 5.75 Å². The molecule has 0 spiro atoms. The molecule has 2 aromatic carbocycles. The van der Waals surface area contributed by atoms with Gasteiger partial charge < -0.3 is 10.1 Å². The number of benzene rings is 2. The highest BCUT2D eigenvalue weighted by Gasteiger charge is 1.99. The van der Waals surface area contributed by atoms with Crippen LogP contribution in [-0.4, -0.2) is 7.05 Å². The molecule has 2 heteroatoms. The SMILES string of the molecule is CCc1cccc(OCc2cccc(CNC)c2)c1. The lowest BCUT2D eigenvalue weighted by Gasteiger charge is -2.09. The van der Waals surface area contributed by atoms with E-state index in [9.17, 15) is 0 Å². The van der Waals surface area contributed by atoms with Crippen LogP contribution in [0.1, 0.15) is 23.6 Å². The highest BCUT2D eigenvalue weighted by molar-refractivity contribution is 5.29. The lowest BCUT2D eigenvalue weighted by molar-refractivity contribution is 0.306. The Hall–Kier alpha value is -1.80. The van der Waals surface area contributed by atoms with E-state index in [4.69, 9.17) is 4.74 Å². The molecule has 0 atom stereocenters. The smallest absolute Gasteiger partial charge is 0.120 e. The molecule has 100 valence electrons. The van der Waals surface area contributed by atoms with Crippen molar-refractivity contribution in [2.75, 3.05) is 7.05 Å². The van der Waals surface area contributed by atoms with Crippen molar-refractivity contribution in [1.29, 1.82) is 0 Å². The maximum Gasteiger partial charge on any atom is 0.120 e. The summed E-state index contributed by atoms with van der Waals surface area (Å²) in [7, 11) is 1.96. The zero-order chi connectivity index (χ0) is 13.5. The van der Waals surface area contributed by atoms with Gasteiger partial charge in [0.1, 0.15) is 12.4 Å². The summed E-state index contributed by atoms with van der Waals surface area (Å²) in [5, 5.41) is 3.16. The fourth-order valence-electron chi connectivity index (χ4n) is 2.06. The predicted molar refractivity (Wildman–Crippen MR) is 79.4 cm³/mol. The van der Waals surface area contributed by atoms with Crippen LogP contribution in [0.4, 0.5) is 0 Å². The standard InChI is InChI=1S/C17H21NO/c1-3-14-6-5-9-17(11-14)19-13-16-8-4-7-15(10-16)12-18-2/h4-11,18H,3,12-13H2,1-2H3. The zero-order valence-electron chi connectivity index (χ0n) is 11.6. The second-order valence-corrected chi connectivity index (χ2v) is 4.64. The van der Waals surface area contributed by atoms with Crippen LogP contribution in [0, 0.1) is 0 Å². The van der Waals surface area contributed by atoms with E-state index in [0.717, 1.165) is 18.7 Å². The van der Waals surface area contributed by atoms with E-state index in [2.05, 4.69) is 48.6 Å². The lowest BCUT2D eigenvalue weighted by Crippen LogP contribution is -2.05. The van der Waals surface area contributed by atoms with Gasteiger partial charge in [-0.25, -0.2) is 0 Å². The first-order valence-corrected chi connectivity index (χ1v) is 6.76. The van der Waals surface area contributed by atoms with Gasteiger partial charge >= 0.3 is 0 Å². The quantitative estimate of drug-likeness (QED) is 0.852. The molecule has 0 radical (unpaired) electrons. The summed E-state index contributed by atoms with van der Waals surface area (Å²) in [4.78, 5) is 0. The fraction of sp³-hybridized carbons (Fsp3) is 0.294. The van der Waals surface area contributed by atoms with Crippen molar-refractivity contribution >= 4 is 0 Å². The Morgan fingerprint density at radius 3 is 2.47 bits per heavy atom. The summed E-state index contributed by atoms with van der Waals surface area (Å²) < 4.78 is 5.85. The van der Waals surface area contributed by atoms with E-state index in [1.54, 1.807) is 0 Å². The van der Waals surface area contributed by atoms with Crippen molar-refractivity contribution in [2.24, 2.45) is 0 Å². The Morgan fingerprint density at radius 1 is 0.947 bits per heavy atom. The summed E-state index contributed by atoms with van der Waals surface area (Å²) in [6.45, 7) is 3.66. The van der Waals surface area contributed by atoms with Crippen molar-refractivity contribution < 1.29 is 4.74 Å². The molecule has 0 heterocycles. The highest BCUT2D eigenvalue weighted by atomic mass is 16.5. The van der Waals surface area contributed by atoms with Crippen molar-refractivity contribution in [3.05, 3.63) is 65.2 Å². The van der Waals surface area contributed by atoms with Crippen molar-refractivity contribution in [2.45, 2.75) is 26.5 Å². The molecule has 0 unspecified atom stereocenters. The number of aryl methyl sites for hydroxylation is 1. The third-order valence-electron chi connectivity index (χ3n) is 3.08. The minimum absolute atomic E-state index is 0.616. The molecule has 2 nitrogen and oxygen atoms in total. The predicted octanol–water partition coefficient (Wildman–Crippen LogP) is 3.55. The van der Waals surface area contributed by atoms with Gasteiger partial charge in [-0.15, -0.1) is 0 Å². The van der Waals surface area contributed by atoms with Gasteiger partial charge in [-0.1, -0.05) is 43.3 Å². The molecule has 0 bridgehead atoms. The van der Waals surface area contributed by atoms with Gasteiger partial charge in [-0.05, 0) is 42.3 Å². The van der Waals surface area contributed by atoms with Crippen LogP contribution in [-0.2, 0) is 19.6 Å². The third-order valence-corrected chi connectivity index (χ3v) is 3.08. The molecule has 0 aromatic heterocycles. The van der Waals surface area contributed by atoms with E-state index in [0.29, 0.717) is 6.61 Å². The van der Waals surface area contributed by atoms with Gasteiger partial charge in [0.05, 0.1) is 0 Å². The Bertz CT molecular complexity index is 522. The molecule has 0 amide bonds. The normalized spacial score (nSPS) is 10.4. The van der Waals surface area contributed by atoms with Gasteiger partial charge in [-0.2, -0.15) is 0 Å². The molecule has 2 aromatic rings. The minimum Gasteiger partial charge on any atom is -0.489 e. The first-order valence-electron chi connectivity index (χ1n) is 6.76. The third kappa shape index (κ3) is 4.11. The maximum absolute atomic E-state index is 5.85. The Balaban J connectivity index is 1.99. The van der Waals surface area contributed by atoms with Gasteiger partial charge in [-0.3, -0.25) is 0 Å². The molecular formula is C17H21NO.